The van der Waals surface area contributed by atoms with Crippen LogP contribution in [0, 0.1) is 0 Å². The van der Waals surface area contributed by atoms with Crippen LogP contribution in [0.2, 0.25) is 0 Å². The molecule has 1 aromatic carbocycles. The Kier molecular flexibility index (Phi) is 6.10. The van der Waals surface area contributed by atoms with Crippen molar-refractivity contribution in [2.75, 3.05) is 37.6 Å². The largest absolute Gasteiger partial charge is 0.416 e. The summed E-state index contributed by atoms with van der Waals surface area (Å²) >= 11 is 1.84. The third kappa shape index (κ3) is 4.50. The molecule has 0 radical (unpaired) electrons. The summed E-state index contributed by atoms with van der Waals surface area (Å²) in [5, 5.41) is 0. The molecule has 4 rings (SSSR count). The zero-order chi connectivity index (χ0) is 19.0. The molecule has 1 unspecified atom stereocenters. The van der Waals surface area contributed by atoms with Crippen molar-refractivity contribution in [2.24, 2.45) is 3.21 Å². The van der Waals surface area contributed by atoms with E-state index >= 15 is 0 Å². The molecule has 27 heavy (non-hydrogen) atoms. The molecule has 0 saturated carbocycles. The lowest BCUT2D eigenvalue weighted by molar-refractivity contribution is -0.137. The molecule has 0 aromatic heterocycles. The van der Waals surface area contributed by atoms with Crippen molar-refractivity contribution in [3.8, 4) is 0 Å². The van der Waals surface area contributed by atoms with E-state index in [-0.39, 0.29) is 0 Å². The lowest BCUT2D eigenvalue weighted by Gasteiger charge is -2.44. The Bertz CT molecular complexity index is 748. The van der Waals surface area contributed by atoms with Gasteiger partial charge in [0, 0.05) is 31.4 Å². The lowest BCUT2D eigenvalue weighted by atomic mass is 9.99. The van der Waals surface area contributed by atoms with E-state index in [0.29, 0.717) is 6.04 Å². The molecule has 0 amide bonds. The second kappa shape index (κ2) is 8.23. The topological polar surface area (TPSA) is 22.1 Å². The van der Waals surface area contributed by atoms with Gasteiger partial charge in [0.2, 0.25) is 0 Å². The molecule has 3 aliphatic rings. The number of hydrogen-bond donors (Lipinski definition) is 0. The number of nitrogens with zero attached hydrogens (tertiary/aromatic N) is 4. The van der Waals surface area contributed by atoms with Crippen LogP contribution >= 0.6 is 43.6 Å². The SMILES string of the molecule is FC(F)(F)c1ccc(N2C(CN3CCN4CCCCC4C3)=NI=C2I)cc1. The van der Waals surface area contributed by atoms with E-state index in [1.54, 1.807) is 12.1 Å². The van der Waals surface area contributed by atoms with Crippen LogP contribution in [0.4, 0.5) is 18.9 Å². The third-order valence-electron chi connectivity index (χ3n) is 5.38. The first-order valence-electron chi connectivity index (χ1n) is 9.09. The number of fused-ring (bicyclic) bond motifs is 1. The minimum atomic E-state index is -4.30. The molecular formula is C18H21F3I2N4. The van der Waals surface area contributed by atoms with Crippen LogP contribution in [0.25, 0.3) is 0 Å². The van der Waals surface area contributed by atoms with E-state index in [9.17, 15) is 13.2 Å². The minimum Gasteiger partial charge on any atom is -0.298 e. The van der Waals surface area contributed by atoms with Crippen LogP contribution in [-0.4, -0.2) is 56.0 Å². The number of piperidine rings is 1. The first kappa shape index (κ1) is 20.0. The summed E-state index contributed by atoms with van der Waals surface area (Å²) in [6.45, 7) is 5.19. The van der Waals surface area contributed by atoms with Gasteiger partial charge in [0.05, 0.1) is 33.1 Å². The van der Waals surface area contributed by atoms with Gasteiger partial charge in [0.1, 0.15) is 7.48 Å². The van der Waals surface area contributed by atoms with Crippen molar-refractivity contribution in [2.45, 2.75) is 31.5 Å². The predicted octanol–water partition coefficient (Wildman–Crippen LogP) is 4.50. The normalized spacial score (nSPS) is 24.9. The van der Waals surface area contributed by atoms with Crippen molar-refractivity contribution in [3.63, 3.8) is 0 Å². The quantitative estimate of drug-likeness (QED) is 0.375. The molecule has 2 saturated heterocycles. The van der Waals surface area contributed by atoms with Crippen LogP contribution in [0.5, 0.6) is 0 Å². The number of rotatable bonds is 3. The number of hydrogen-bond acceptors (Lipinski definition) is 4. The third-order valence-corrected chi connectivity index (χ3v) is 8.76. The highest BCUT2D eigenvalue weighted by atomic mass is 127. The summed E-state index contributed by atoms with van der Waals surface area (Å²) in [6, 6.07) is 6.09. The number of benzene rings is 1. The summed E-state index contributed by atoms with van der Waals surface area (Å²) in [5.74, 6) is 0.983. The van der Waals surface area contributed by atoms with Crippen molar-refractivity contribution < 1.29 is 13.2 Å². The summed E-state index contributed by atoms with van der Waals surface area (Å²) in [6.07, 6.45) is -0.417. The standard InChI is InChI=1S/C18H21F3I2N4/c19-18(20,21)13-4-6-14(7-5-13)27-16(24-23-17(27)22)12-25-9-10-26-8-2-1-3-15(26)11-25/h4-7,15H,1-3,8-12H2. The van der Waals surface area contributed by atoms with Gasteiger partial charge in [-0.3, -0.25) is 14.7 Å². The van der Waals surface area contributed by atoms with Gasteiger partial charge in [-0.05, 0) is 66.2 Å². The summed E-state index contributed by atoms with van der Waals surface area (Å²) in [5.41, 5.74) is 0.168. The minimum absolute atomic E-state index is 0.445. The molecule has 3 aliphatic heterocycles. The highest BCUT2D eigenvalue weighted by molar-refractivity contribution is 14.2. The van der Waals surface area contributed by atoms with E-state index in [0.717, 1.165) is 51.5 Å². The fourth-order valence-electron chi connectivity index (χ4n) is 3.96. The molecule has 148 valence electrons. The van der Waals surface area contributed by atoms with Gasteiger partial charge in [0.25, 0.3) is 0 Å². The maximum absolute atomic E-state index is 12.8. The van der Waals surface area contributed by atoms with Crippen molar-refractivity contribution in [1.29, 1.82) is 0 Å². The predicted molar refractivity (Wildman–Crippen MR) is 120 cm³/mol. The number of halogens is 5. The molecule has 3 heterocycles. The summed E-state index contributed by atoms with van der Waals surface area (Å²) in [4.78, 5) is 7.12. The molecule has 0 spiro atoms. The second-order valence-electron chi connectivity index (χ2n) is 7.13. The molecule has 0 N–H and O–H groups in total. The fraction of sp³-hybridized carbons (Fsp3) is 0.556. The molecule has 0 aliphatic carbocycles. The number of alkyl halides is 3. The zero-order valence-corrected chi connectivity index (χ0v) is 19.0. The smallest absolute Gasteiger partial charge is 0.298 e. The molecule has 0 bridgehead atoms. The Morgan fingerprint density at radius 3 is 2.63 bits per heavy atom. The van der Waals surface area contributed by atoms with Crippen molar-refractivity contribution in [1.82, 2.24) is 9.80 Å². The van der Waals surface area contributed by atoms with Gasteiger partial charge in [0.15, 0.2) is 0 Å². The van der Waals surface area contributed by atoms with E-state index in [1.807, 2.05) is 0 Å². The summed E-state index contributed by atoms with van der Waals surface area (Å²) < 4.78 is 44.4. The molecule has 1 atom stereocenters. The van der Waals surface area contributed by atoms with Crippen LogP contribution < -0.4 is 4.90 Å². The second-order valence-corrected chi connectivity index (χ2v) is 12.2. The molecular weight excluding hydrogens is 583 g/mol. The van der Waals surface area contributed by atoms with Crippen LogP contribution in [0.1, 0.15) is 24.8 Å². The number of amidine groups is 1. The molecule has 9 heteroatoms. The molecule has 4 nitrogen and oxygen atoms in total. The Morgan fingerprint density at radius 1 is 1.11 bits per heavy atom. The monoisotopic (exact) mass is 604 g/mol. The summed E-state index contributed by atoms with van der Waals surface area (Å²) in [7, 11) is 0. The van der Waals surface area contributed by atoms with Gasteiger partial charge in [-0.1, -0.05) is 6.42 Å². The average Bonchev–Trinajstić information content (AvgIpc) is 3.01. The first-order chi connectivity index (χ1) is 12.9. The maximum Gasteiger partial charge on any atom is 0.416 e. The Morgan fingerprint density at radius 2 is 1.89 bits per heavy atom. The highest BCUT2D eigenvalue weighted by Crippen LogP contribution is 2.33. The fourth-order valence-corrected chi connectivity index (χ4v) is 6.75. The van der Waals surface area contributed by atoms with E-state index in [1.165, 1.54) is 25.8 Å². The highest BCUT2D eigenvalue weighted by Gasteiger charge is 2.33. The zero-order valence-electron chi connectivity index (χ0n) is 14.7. The Balaban J connectivity index is 1.45. The van der Waals surface area contributed by atoms with E-state index in [2.05, 4.69) is 37.3 Å². The van der Waals surface area contributed by atoms with E-state index < -0.39 is 32.7 Å². The van der Waals surface area contributed by atoms with Gasteiger partial charge in [-0.15, -0.1) is 0 Å². The van der Waals surface area contributed by atoms with Crippen molar-refractivity contribution >= 4 is 56.8 Å². The van der Waals surface area contributed by atoms with Crippen LogP contribution in [0.3, 0.4) is 0 Å². The lowest BCUT2D eigenvalue weighted by Crippen LogP contribution is -2.56. The first-order valence-corrected chi connectivity index (χ1v) is 12.2. The molecule has 2 fully saturated rings. The van der Waals surface area contributed by atoms with E-state index in [4.69, 9.17) is 3.21 Å². The van der Waals surface area contributed by atoms with Crippen molar-refractivity contribution in [3.05, 3.63) is 29.8 Å². The Labute approximate surface area is 181 Å². The maximum atomic E-state index is 12.8. The number of anilines is 1. The van der Waals surface area contributed by atoms with Gasteiger partial charge >= 0.3 is 6.18 Å². The Hall–Kier alpha value is -0.270. The van der Waals surface area contributed by atoms with Gasteiger partial charge < -0.3 is 0 Å². The van der Waals surface area contributed by atoms with Gasteiger partial charge in [-0.25, -0.2) is 3.21 Å². The van der Waals surface area contributed by atoms with Crippen LogP contribution in [0.15, 0.2) is 27.5 Å². The van der Waals surface area contributed by atoms with Crippen LogP contribution in [-0.2, 0) is 6.18 Å². The average molecular weight is 604 g/mol. The molecule has 1 aromatic rings. The van der Waals surface area contributed by atoms with Gasteiger partial charge in [-0.2, -0.15) is 13.2 Å². The number of piperazine rings is 1.